The smallest absolute Gasteiger partial charge is 0.220 e. The van der Waals surface area contributed by atoms with Crippen molar-refractivity contribution >= 4 is 18.3 Å². The molecule has 0 aromatic rings. The van der Waals surface area contributed by atoms with Gasteiger partial charge in [-0.1, -0.05) is 26.7 Å². The summed E-state index contributed by atoms with van der Waals surface area (Å²) in [5.41, 5.74) is 5.74. The third kappa shape index (κ3) is 6.27. The zero-order valence-electron chi connectivity index (χ0n) is 11.1. The maximum atomic E-state index is 11.7. The molecule has 3 N–H and O–H groups in total. The van der Waals surface area contributed by atoms with Crippen LogP contribution in [0.1, 0.15) is 52.4 Å². The highest BCUT2D eigenvalue weighted by atomic mass is 35.5. The lowest BCUT2D eigenvalue weighted by atomic mass is 9.84. The standard InChI is InChI=1S/C13H26N2O.ClH/c1-10(2)7-8-13(16)15-12-6-4-3-5-11(12)9-14;/h10-12H,3-9,14H2,1-2H3,(H,15,16);1H. The first-order valence-electron chi connectivity index (χ1n) is 6.63. The number of nitrogens with two attached hydrogens (primary N) is 1. The molecule has 0 aliphatic heterocycles. The van der Waals surface area contributed by atoms with Crippen LogP contribution >= 0.6 is 12.4 Å². The minimum Gasteiger partial charge on any atom is -0.353 e. The second kappa shape index (κ2) is 8.76. The number of nitrogens with one attached hydrogen (secondary N) is 1. The SMILES string of the molecule is CC(C)CCC(=O)NC1CCCCC1CN.Cl. The number of hydrogen-bond donors (Lipinski definition) is 2. The highest BCUT2D eigenvalue weighted by molar-refractivity contribution is 5.85. The lowest BCUT2D eigenvalue weighted by molar-refractivity contribution is -0.122. The molecular weight excluding hydrogens is 236 g/mol. The summed E-state index contributed by atoms with van der Waals surface area (Å²) >= 11 is 0. The molecule has 0 saturated heterocycles. The molecule has 4 heteroatoms. The molecule has 0 aromatic carbocycles. The number of amides is 1. The third-order valence-corrected chi connectivity index (χ3v) is 3.51. The van der Waals surface area contributed by atoms with E-state index in [-0.39, 0.29) is 18.3 Å². The van der Waals surface area contributed by atoms with Gasteiger partial charge in [0, 0.05) is 12.5 Å². The molecule has 1 amide bonds. The van der Waals surface area contributed by atoms with Crippen molar-refractivity contribution in [3.63, 3.8) is 0 Å². The van der Waals surface area contributed by atoms with E-state index in [9.17, 15) is 4.79 Å². The van der Waals surface area contributed by atoms with Crippen LogP contribution in [0.5, 0.6) is 0 Å². The second-order valence-corrected chi connectivity index (χ2v) is 5.39. The normalized spacial score (nSPS) is 24.2. The van der Waals surface area contributed by atoms with Crippen LogP contribution in [-0.2, 0) is 4.79 Å². The van der Waals surface area contributed by atoms with Crippen molar-refractivity contribution in [2.75, 3.05) is 6.54 Å². The number of rotatable bonds is 5. The molecule has 1 aliphatic carbocycles. The molecule has 2 unspecified atom stereocenters. The number of carbonyl (C=O) groups excluding carboxylic acids is 1. The topological polar surface area (TPSA) is 55.1 Å². The summed E-state index contributed by atoms with van der Waals surface area (Å²) in [5, 5.41) is 3.16. The van der Waals surface area contributed by atoms with E-state index in [4.69, 9.17) is 5.73 Å². The van der Waals surface area contributed by atoms with Gasteiger partial charge >= 0.3 is 0 Å². The van der Waals surface area contributed by atoms with Crippen LogP contribution in [0.25, 0.3) is 0 Å². The number of carbonyl (C=O) groups is 1. The maximum absolute atomic E-state index is 11.7. The molecule has 1 fully saturated rings. The van der Waals surface area contributed by atoms with Crippen LogP contribution in [0.15, 0.2) is 0 Å². The summed E-state index contributed by atoms with van der Waals surface area (Å²) in [6.07, 6.45) is 6.41. The Balaban J connectivity index is 0.00000256. The summed E-state index contributed by atoms with van der Waals surface area (Å²) in [4.78, 5) is 11.7. The molecule has 0 aromatic heterocycles. The minimum absolute atomic E-state index is 0. The Bertz CT molecular complexity index is 221. The van der Waals surface area contributed by atoms with Crippen LogP contribution in [0.4, 0.5) is 0 Å². The number of hydrogen-bond acceptors (Lipinski definition) is 2. The first kappa shape index (κ1) is 16.7. The second-order valence-electron chi connectivity index (χ2n) is 5.39. The Labute approximate surface area is 111 Å². The van der Waals surface area contributed by atoms with Crippen molar-refractivity contribution in [1.29, 1.82) is 0 Å². The van der Waals surface area contributed by atoms with Gasteiger partial charge in [-0.2, -0.15) is 0 Å². The minimum atomic E-state index is 0. The van der Waals surface area contributed by atoms with Gasteiger partial charge in [0.15, 0.2) is 0 Å². The summed E-state index contributed by atoms with van der Waals surface area (Å²) in [6, 6.07) is 0.332. The van der Waals surface area contributed by atoms with Gasteiger partial charge in [0.05, 0.1) is 0 Å². The van der Waals surface area contributed by atoms with Crippen molar-refractivity contribution in [3.05, 3.63) is 0 Å². The monoisotopic (exact) mass is 262 g/mol. The van der Waals surface area contributed by atoms with Crippen molar-refractivity contribution in [2.45, 2.75) is 58.4 Å². The highest BCUT2D eigenvalue weighted by Gasteiger charge is 2.24. The van der Waals surface area contributed by atoms with Crippen molar-refractivity contribution in [1.82, 2.24) is 5.32 Å². The van der Waals surface area contributed by atoms with E-state index in [2.05, 4.69) is 19.2 Å². The van der Waals surface area contributed by atoms with Gasteiger partial charge < -0.3 is 11.1 Å². The molecule has 17 heavy (non-hydrogen) atoms. The summed E-state index contributed by atoms with van der Waals surface area (Å²) < 4.78 is 0. The molecule has 1 saturated carbocycles. The van der Waals surface area contributed by atoms with Crippen LogP contribution in [0.2, 0.25) is 0 Å². The Hall–Kier alpha value is -0.280. The number of halogens is 1. The van der Waals surface area contributed by atoms with E-state index in [0.717, 1.165) is 12.8 Å². The van der Waals surface area contributed by atoms with Gasteiger partial charge in [-0.3, -0.25) is 4.79 Å². The molecule has 1 aliphatic rings. The predicted molar refractivity (Wildman–Crippen MR) is 74.3 cm³/mol. The fraction of sp³-hybridized carbons (Fsp3) is 0.923. The lowest BCUT2D eigenvalue weighted by Crippen LogP contribution is -2.44. The van der Waals surface area contributed by atoms with Gasteiger partial charge in [0.1, 0.15) is 0 Å². The third-order valence-electron chi connectivity index (χ3n) is 3.51. The summed E-state index contributed by atoms with van der Waals surface area (Å²) in [5.74, 6) is 1.30. The quantitative estimate of drug-likeness (QED) is 0.800. The zero-order chi connectivity index (χ0) is 12.0. The van der Waals surface area contributed by atoms with Crippen LogP contribution < -0.4 is 11.1 Å². The van der Waals surface area contributed by atoms with E-state index in [1.54, 1.807) is 0 Å². The van der Waals surface area contributed by atoms with Crippen LogP contribution in [0.3, 0.4) is 0 Å². The predicted octanol–water partition coefficient (Wildman–Crippen LogP) is 2.48. The Morgan fingerprint density at radius 3 is 2.59 bits per heavy atom. The van der Waals surface area contributed by atoms with Gasteiger partial charge in [-0.05, 0) is 37.6 Å². The highest BCUT2D eigenvalue weighted by Crippen LogP contribution is 2.23. The van der Waals surface area contributed by atoms with Gasteiger partial charge in [0.2, 0.25) is 5.91 Å². The Kier molecular flexibility index (Phi) is 8.61. The molecule has 0 spiro atoms. The van der Waals surface area contributed by atoms with Gasteiger partial charge in [-0.25, -0.2) is 0 Å². The van der Waals surface area contributed by atoms with E-state index in [1.807, 2.05) is 0 Å². The fourth-order valence-corrected chi connectivity index (χ4v) is 2.38. The van der Waals surface area contributed by atoms with E-state index < -0.39 is 0 Å². The Morgan fingerprint density at radius 2 is 2.00 bits per heavy atom. The molecule has 3 nitrogen and oxygen atoms in total. The molecule has 0 radical (unpaired) electrons. The zero-order valence-corrected chi connectivity index (χ0v) is 11.9. The van der Waals surface area contributed by atoms with Crippen molar-refractivity contribution in [3.8, 4) is 0 Å². The maximum Gasteiger partial charge on any atom is 0.220 e. The largest absolute Gasteiger partial charge is 0.353 e. The Morgan fingerprint density at radius 1 is 1.35 bits per heavy atom. The van der Waals surface area contributed by atoms with E-state index in [0.29, 0.717) is 30.8 Å². The molecule has 0 bridgehead atoms. The summed E-state index contributed by atoms with van der Waals surface area (Å²) in [7, 11) is 0. The average Bonchev–Trinajstić information content (AvgIpc) is 2.27. The molecule has 102 valence electrons. The lowest BCUT2D eigenvalue weighted by Gasteiger charge is -2.31. The first-order chi connectivity index (χ1) is 7.63. The van der Waals surface area contributed by atoms with Crippen LogP contribution in [0, 0.1) is 11.8 Å². The van der Waals surface area contributed by atoms with E-state index >= 15 is 0 Å². The molecule has 2 atom stereocenters. The average molecular weight is 263 g/mol. The van der Waals surface area contributed by atoms with Crippen molar-refractivity contribution < 1.29 is 4.79 Å². The van der Waals surface area contributed by atoms with Gasteiger partial charge in [-0.15, -0.1) is 12.4 Å². The van der Waals surface area contributed by atoms with Crippen LogP contribution in [-0.4, -0.2) is 18.5 Å². The van der Waals surface area contributed by atoms with Crippen molar-refractivity contribution in [2.24, 2.45) is 17.6 Å². The molecule has 0 heterocycles. The molecular formula is C13H27ClN2O. The fourth-order valence-electron chi connectivity index (χ4n) is 2.38. The van der Waals surface area contributed by atoms with E-state index in [1.165, 1.54) is 19.3 Å². The summed E-state index contributed by atoms with van der Waals surface area (Å²) in [6.45, 7) is 5.00. The molecule has 1 rings (SSSR count). The first-order valence-corrected chi connectivity index (χ1v) is 6.63. The van der Waals surface area contributed by atoms with Gasteiger partial charge in [0.25, 0.3) is 0 Å².